The van der Waals surface area contributed by atoms with E-state index < -0.39 is 5.97 Å². The van der Waals surface area contributed by atoms with Crippen LogP contribution in [0.15, 0.2) is 59.1 Å². The predicted molar refractivity (Wildman–Crippen MR) is 137 cm³/mol. The molecule has 0 radical (unpaired) electrons. The van der Waals surface area contributed by atoms with Gasteiger partial charge in [-0.25, -0.2) is 4.79 Å². The Kier molecular flexibility index (Phi) is 7.57. The van der Waals surface area contributed by atoms with Crippen molar-refractivity contribution in [3.05, 3.63) is 69.5 Å². The number of amides is 1. The highest BCUT2D eigenvalue weighted by molar-refractivity contribution is 7.99. The van der Waals surface area contributed by atoms with E-state index in [0.29, 0.717) is 42.7 Å². The number of aromatic nitrogens is 3. The normalized spacial score (nSPS) is 10.8. The molecule has 0 fully saturated rings. The van der Waals surface area contributed by atoms with E-state index in [1.54, 1.807) is 29.8 Å². The Hall–Kier alpha value is -2.85. The van der Waals surface area contributed by atoms with Crippen molar-refractivity contribution in [3.8, 4) is 22.5 Å². The summed E-state index contributed by atoms with van der Waals surface area (Å²) in [5, 5.41) is 15.0. The van der Waals surface area contributed by atoms with Crippen LogP contribution >= 0.6 is 46.3 Å². The number of methoxy groups -OCH3 is 1. The Morgan fingerprint density at radius 3 is 2.59 bits per heavy atom. The molecule has 0 bridgehead atoms. The molecule has 4 rings (SSSR count). The van der Waals surface area contributed by atoms with Crippen LogP contribution in [0.3, 0.4) is 0 Å². The summed E-state index contributed by atoms with van der Waals surface area (Å²) in [6.45, 7) is 0. The number of thiophene rings is 1. The number of thioether (sulfide) groups is 1. The van der Waals surface area contributed by atoms with Crippen molar-refractivity contribution < 1.29 is 14.3 Å². The highest BCUT2D eigenvalue weighted by atomic mass is 35.5. The average Bonchev–Trinajstić information content (AvgIpc) is 3.41. The highest BCUT2D eigenvalue weighted by Crippen LogP contribution is 2.36. The SMILES string of the molecule is COC(=O)c1c(-c2ccccc2)csc1NC(=O)CSc1nnc(-c2ccc(Cl)cc2Cl)n1C. The molecule has 0 unspecified atom stereocenters. The lowest BCUT2D eigenvalue weighted by Gasteiger charge is -2.08. The van der Waals surface area contributed by atoms with Gasteiger partial charge >= 0.3 is 5.97 Å². The number of esters is 1. The first-order valence-electron chi connectivity index (χ1n) is 9.91. The van der Waals surface area contributed by atoms with Gasteiger partial charge in [-0.2, -0.15) is 0 Å². The summed E-state index contributed by atoms with van der Waals surface area (Å²) in [6, 6.07) is 14.6. The van der Waals surface area contributed by atoms with Gasteiger partial charge in [0.1, 0.15) is 10.6 Å². The van der Waals surface area contributed by atoms with Crippen LogP contribution in [0.25, 0.3) is 22.5 Å². The van der Waals surface area contributed by atoms with E-state index in [9.17, 15) is 9.59 Å². The first-order chi connectivity index (χ1) is 16.4. The van der Waals surface area contributed by atoms with Crippen molar-refractivity contribution in [1.29, 1.82) is 0 Å². The number of carbonyl (C=O) groups excluding carboxylic acids is 2. The van der Waals surface area contributed by atoms with E-state index in [0.717, 1.165) is 5.56 Å². The van der Waals surface area contributed by atoms with Crippen LogP contribution in [0.1, 0.15) is 10.4 Å². The lowest BCUT2D eigenvalue weighted by Crippen LogP contribution is -2.16. The third-order valence-corrected chi connectivity index (χ3v) is 7.32. The molecule has 174 valence electrons. The van der Waals surface area contributed by atoms with E-state index in [1.165, 1.54) is 30.2 Å². The second-order valence-corrected chi connectivity index (χ2v) is 9.70. The predicted octanol–water partition coefficient (Wildman–Crippen LogP) is 6.03. The number of ether oxygens (including phenoxy) is 1. The van der Waals surface area contributed by atoms with Crippen molar-refractivity contribution in [2.24, 2.45) is 7.05 Å². The summed E-state index contributed by atoms with van der Waals surface area (Å²) >= 11 is 14.8. The standard InChI is InChI=1S/C23H18Cl2N4O3S2/c1-29-20(15-9-8-14(24)10-17(15)25)27-28-23(29)34-12-18(30)26-21-19(22(31)32-2)16(11-33-21)13-6-4-3-5-7-13/h3-11H,12H2,1-2H3,(H,26,30). The lowest BCUT2D eigenvalue weighted by atomic mass is 10.0. The van der Waals surface area contributed by atoms with Gasteiger partial charge in [-0.05, 0) is 23.8 Å². The van der Waals surface area contributed by atoms with Crippen LogP contribution in [0.5, 0.6) is 0 Å². The van der Waals surface area contributed by atoms with Crippen LogP contribution < -0.4 is 5.32 Å². The van der Waals surface area contributed by atoms with Crippen molar-refractivity contribution in [1.82, 2.24) is 14.8 Å². The van der Waals surface area contributed by atoms with Gasteiger partial charge in [-0.15, -0.1) is 21.5 Å². The molecular weight excluding hydrogens is 515 g/mol. The molecule has 11 heteroatoms. The van der Waals surface area contributed by atoms with Crippen LogP contribution in [-0.2, 0) is 16.6 Å². The maximum atomic E-state index is 12.7. The zero-order chi connectivity index (χ0) is 24.2. The maximum Gasteiger partial charge on any atom is 0.341 e. The first-order valence-corrected chi connectivity index (χ1v) is 12.5. The van der Waals surface area contributed by atoms with Crippen LogP contribution in [0, 0.1) is 0 Å². The molecule has 0 aliphatic carbocycles. The van der Waals surface area contributed by atoms with Gasteiger partial charge < -0.3 is 14.6 Å². The number of nitrogens with zero attached hydrogens (tertiary/aromatic N) is 3. The lowest BCUT2D eigenvalue weighted by molar-refractivity contribution is -0.113. The zero-order valence-electron chi connectivity index (χ0n) is 18.0. The second kappa shape index (κ2) is 10.6. The van der Waals surface area contributed by atoms with Crippen LogP contribution in [0.4, 0.5) is 5.00 Å². The van der Waals surface area contributed by atoms with Gasteiger partial charge in [0.15, 0.2) is 11.0 Å². The molecule has 0 aliphatic heterocycles. The zero-order valence-corrected chi connectivity index (χ0v) is 21.2. The monoisotopic (exact) mass is 532 g/mol. The quantitative estimate of drug-likeness (QED) is 0.231. The number of benzene rings is 2. The van der Waals surface area contributed by atoms with E-state index in [4.69, 9.17) is 27.9 Å². The Bertz CT molecular complexity index is 1360. The number of hydrogen-bond donors (Lipinski definition) is 1. The molecule has 7 nitrogen and oxygen atoms in total. The molecule has 0 atom stereocenters. The Balaban J connectivity index is 1.49. The summed E-state index contributed by atoms with van der Waals surface area (Å²) in [5.74, 6) is -0.172. The minimum atomic E-state index is -0.513. The largest absolute Gasteiger partial charge is 0.465 e. The second-order valence-electron chi connectivity index (χ2n) is 7.04. The van der Waals surface area contributed by atoms with Gasteiger partial charge in [-0.3, -0.25) is 4.79 Å². The smallest absolute Gasteiger partial charge is 0.341 e. The molecule has 0 saturated carbocycles. The molecule has 34 heavy (non-hydrogen) atoms. The fourth-order valence-corrected chi connectivity index (χ4v) is 5.40. The number of nitrogens with one attached hydrogen (secondary N) is 1. The number of hydrogen-bond acceptors (Lipinski definition) is 7. The highest BCUT2D eigenvalue weighted by Gasteiger charge is 2.23. The Morgan fingerprint density at radius 2 is 1.88 bits per heavy atom. The third-order valence-electron chi connectivity index (χ3n) is 4.86. The van der Waals surface area contributed by atoms with Gasteiger partial charge in [-0.1, -0.05) is 65.3 Å². The summed E-state index contributed by atoms with van der Waals surface area (Å²) in [6.07, 6.45) is 0. The Labute approximate surface area is 214 Å². The summed E-state index contributed by atoms with van der Waals surface area (Å²) in [4.78, 5) is 25.2. The number of anilines is 1. The fourth-order valence-electron chi connectivity index (χ4n) is 3.22. The number of rotatable bonds is 7. The topological polar surface area (TPSA) is 86.1 Å². The average molecular weight is 533 g/mol. The minimum Gasteiger partial charge on any atom is -0.465 e. The van der Waals surface area contributed by atoms with E-state index in [-0.39, 0.29) is 11.7 Å². The molecule has 4 aromatic rings. The molecule has 0 spiro atoms. The van der Waals surface area contributed by atoms with Gasteiger partial charge in [0.25, 0.3) is 0 Å². The molecular formula is C23H18Cl2N4O3S2. The van der Waals surface area contributed by atoms with Gasteiger partial charge in [0.05, 0.1) is 17.9 Å². The Morgan fingerprint density at radius 1 is 1.12 bits per heavy atom. The number of carbonyl (C=O) groups is 2. The van der Waals surface area contributed by atoms with Gasteiger partial charge in [0.2, 0.25) is 5.91 Å². The minimum absolute atomic E-state index is 0.0690. The van der Waals surface area contributed by atoms with Gasteiger partial charge in [0, 0.05) is 28.6 Å². The van der Waals surface area contributed by atoms with E-state index in [1.807, 2.05) is 35.7 Å². The van der Waals surface area contributed by atoms with Crippen molar-refractivity contribution in [3.63, 3.8) is 0 Å². The number of halogens is 2. The van der Waals surface area contributed by atoms with Crippen LogP contribution in [-0.4, -0.2) is 39.5 Å². The van der Waals surface area contributed by atoms with Crippen molar-refractivity contribution in [2.45, 2.75) is 5.16 Å². The molecule has 0 aliphatic rings. The third kappa shape index (κ3) is 5.12. The molecule has 2 aromatic heterocycles. The van der Waals surface area contributed by atoms with Crippen LogP contribution in [0.2, 0.25) is 10.0 Å². The van der Waals surface area contributed by atoms with Crippen molar-refractivity contribution in [2.75, 3.05) is 18.2 Å². The first kappa shape index (κ1) is 24.3. The summed E-state index contributed by atoms with van der Waals surface area (Å²) in [5.41, 5.74) is 2.59. The molecule has 2 heterocycles. The molecule has 0 saturated heterocycles. The molecule has 1 amide bonds. The maximum absolute atomic E-state index is 12.7. The molecule has 2 aromatic carbocycles. The summed E-state index contributed by atoms with van der Waals surface area (Å²) < 4.78 is 6.71. The van der Waals surface area contributed by atoms with E-state index in [2.05, 4.69) is 15.5 Å². The fraction of sp³-hybridized carbons (Fsp3) is 0.130. The van der Waals surface area contributed by atoms with E-state index >= 15 is 0 Å². The van der Waals surface area contributed by atoms with Crippen molar-refractivity contribution >= 4 is 63.2 Å². The summed E-state index contributed by atoms with van der Waals surface area (Å²) in [7, 11) is 3.11. The molecule has 1 N–H and O–H groups in total.